The Morgan fingerprint density at radius 1 is 1.08 bits per heavy atom. The number of piperidine rings is 1. The quantitative estimate of drug-likeness (QED) is 0.459. The van der Waals surface area contributed by atoms with Crippen molar-refractivity contribution in [2.24, 2.45) is 18.9 Å². The van der Waals surface area contributed by atoms with Gasteiger partial charge in [0.15, 0.2) is 11.5 Å². The molecule has 0 bridgehead atoms. The summed E-state index contributed by atoms with van der Waals surface area (Å²) in [4.78, 5) is 42.6. The van der Waals surface area contributed by atoms with Gasteiger partial charge in [-0.25, -0.2) is 19.7 Å². The van der Waals surface area contributed by atoms with Gasteiger partial charge in [0.25, 0.3) is 5.91 Å². The van der Waals surface area contributed by atoms with Crippen LogP contribution in [0.3, 0.4) is 0 Å². The molecule has 2 aliphatic heterocycles. The monoisotopic (exact) mass is 499 g/mol. The van der Waals surface area contributed by atoms with Crippen molar-refractivity contribution in [1.82, 2.24) is 33.9 Å². The van der Waals surface area contributed by atoms with Crippen molar-refractivity contribution in [3.05, 3.63) is 42.2 Å². The lowest BCUT2D eigenvalue weighted by atomic mass is 9.92. The van der Waals surface area contributed by atoms with E-state index in [4.69, 9.17) is 4.98 Å². The number of nitrogens with zero attached hydrogens (tertiary/aromatic N) is 7. The third-order valence-electron chi connectivity index (χ3n) is 8.37. The molecule has 2 saturated heterocycles. The molecule has 3 aliphatic rings. The molecule has 10 nitrogen and oxygen atoms in total. The predicted molar refractivity (Wildman–Crippen MR) is 137 cm³/mol. The molecule has 0 aromatic carbocycles. The number of hydrogen-bond acceptors (Lipinski definition) is 5. The fourth-order valence-electron chi connectivity index (χ4n) is 6.18. The number of carbonyl (C=O) groups excluding carboxylic acids is 1. The Morgan fingerprint density at radius 2 is 1.92 bits per heavy atom. The predicted octanol–water partition coefficient (Wildman–Crippen LogP) is 3.61. The third kappa shape index (κ3) is 3.65. The van der Waals surface area contributed by atoms with Crippen molar-refractivity contribution in [2.75, 3.05) is 19.6 Å². The zero-order chi connectivity index (χ0) is 25.3. The van der Waals surface area contributed by atoms with E-state index in [0.29, 0.717) is 48.2 Å². The topological polar surface area (TPSA) is 109 Å². The van der Waals surface area contributed by atoms with E-state index in [1.807, 2.05) is 29.9 Å². The summed E-state index contributed by atoms with van der Waals surface area (Å²) in [7, 11) is 1.96. The van der Waals surface area contributed by atoms with E-state index < -0.39 is 6.09 Å². The van der Waals surface area contributed by atoms with E-state index >= 15 is 0 Å². The van der Waals surface area contributed by atoms with Gasteiger partial charge in [-0.2, -0.15) is 0 Å². The van der Waals surface area contributed by atoms with E-state index in [1.54, 1.807) is 11.1 Å². The van der Waals surface area contributed by atoms with Crippen LogP contribution in [0, 0.1) is 11.8 Å². The van der Waals surface area contributed by atoms with Crippen LogP contribution in [0.25, 0.3) is 33.7 Å². The third-order valence-corrected chi connectivity index (χ3v) is 8.37. The van der Waals surface area contributed by atoms with Gasteiger partial charge in [0, 0.05) is 51.0 Å². The van der Waals surface area contributed by atoms with Crippen molar-refractivity contribution in [3.8, 4) is 11.5 Å². The van der Waals surface area contributed by atoms with Crippen LogP contribution in [0.15, 0.2) is 36.7 Å². The summed E-state index contributed by atoms with van der Waals surface area (Å²) in [5.41, 5.74) is 3.84. The van der Waals surface area contributed by atoms with E-state index in [2.05, 4.69) is 26.7 Å². The van der Waals surface area contributed by atoms with Gasteiger partial charge >= 0.3 is 6.09 Å². The Morgan fingerprint density at radius 3 is 2.73 bits per heavy atom. The second kappa shape index (κ2) is 8.29. The Kier molecular flexibility index (Phi) is 4.99. The fourth-order valence-corrected chi connectivity index (χ4v) is 6.18. The van der Waals surface area contributed by atoms with Gasteiger partial charge in [0.2, 0.25) is 0 Å². The van der Waals surface area contributed by atoms with Crippen LogP contribution >= 0.6 is 0 Å². The molecule has 190 valence electrons. The number of imidazole rings is 1. The maximum atomic E-state index is 13.4. The maximum absolute atomic E-state index is 13.4. The van der Waals surface area contributed by atoms with Crippen LogP contribution in [-0.4, -0.2) is 76.7 Å². The molecule has 3 fully saturated rings. The van der Waals surface area contributed by atoms with Crippen LogP contribution in [0.4, 0.5) is 4.79 Å². The fraction of sp³-hybridized carbons (Fsp3) is 0.444. The number of amides is 2. The molecule has 1 aliphatic carbocycles. The molecule has 1 saturated carbocycles. The van der Waals surface area contributed by atoms with Crippen molar-refractivity contribution >= 4 is 34.2 Å². The van der Waals surface area contributed by atoms with Gasteiger partial charge in [-0.05, 0) is 61.8 Å². The number of aryl methyl sites for hydroxylation is 1. The zero-order valence-corrected chi connectivity index (χ0v) is 20.7. The molecule has 2 amide bonds. The summed E-state index contributed by atoms with van der Waals surface area (Å²) >= 11 is 0. The number of rotatable bonds is 4. The first kappa shape index (κ1) is 22.3. The van der Waals surface area contributed by atoms with E-state index in [1.165, 1.54) is 17.7 Å². The Balaban J connectivity index is 1.22. The average molecular weight is 500 g/mol. The van der Waals surface area contributed by atoms with Gasteiger partial charge < -0.3 is 24.0 Å². The highest BCUT2D eigenvalue weighted by atomic mass is 16.4. The second-order valence-corrected chi connectivity index (χ2v) is 10.7. The van der Waals surface area contributed by atoms with Crippen molar-refractivity contribution in [2.45, 2.75) is 38.3 Å². The number of pyridine rings is 2. The second-order valence-electron chi connectivity index (χ2n) is 10.7. The van der Waals surface area contributed by atoms with Crippen LogP contribution < -0.4 is 0 Å². The summed E-state index contributed by atoms with van der Waals surface area (Å²) in [6.07, 6.45) is 6.72. The maximum Gasteiger partial charge on any atom is 0.407 e. The Labute approximate surface area is 213 Å². The highest BCUT2D eigenvalue weighted by molar-refractivity contribution is 5.97. The highest BCUT2D eigenvalue weighted by Crippen LogP contribution is 2.36. The SMILES string of the molecule is Cn1c(-c2cc3cccnc3n2CC2CC2)nc2cc(C(=O)N3CC[C@@H]4CCN(C(=O)O)[C@@H]4C3)cnc21. The Bertz CT molecular complexity index is 1550. The minimum absolute atomic E-state index is 0.121. The molecule has 4 aromatic heterocycles. The van der Waals surface area contributed by atoms with Crippen LogP contribution in [0.2, 0.25) is 0 Å². The van der Waals surface area contributed by atoms with E-state index in [9.17, 15) is 14.7 Å². The zero-order valence-electron chi connectivity index (χ0n) is 20.7. The van der Waals surface area contributed by atoms with Gasteiger partial charge in [-0.15, -0.1) is 0 Å². The van der Waals surface area contributed by atoms with Crippen molar-refractivity contribution in [1.29, 1.82) is 0 Å². The summed E-state index contributed by atoms with van der Waals surface area (Å²) in [6, 6.07) is 7.85. The van der Waals surface area contributed by atoms with E-state index in [0.717, 1.165) is 41.9 Å². The smallest absolute Gasteiger partial charge is 0.407 e. The molecule has 7 rings (SSSR count). The van der Waals surface area contributed by atoms with Crippen LogP contribution in [-0.2, 0) is 13.6 Å². The molecule has 0 unspecified atom stereocenters. The summed E-state index contributed by atoms with van der Waals surface area (Å²) in [5.74, 6) is 1.68. The van der Waals surface area contributed by atoms with Gasteiger partial charge in [0.1, 0.15) is 11.2 Å². The number of carboxylic acid groups (broad SMARTS) is 1. The first-order valence-electron chi connectivity index (χ1n) is 13.0. The lowest BCUT2D eigenvalue weighted by Gasteiger charge is -2.37. The number of carbonyl (C=O) groups is 2. The molecular formula is C27H29N7O3. The lowest BCUT2D eigenvalue weighted by molar-refractivity contribution is 0.0570. The van der Waals surface area contributed by atoms with E-state index in [-0.39, 0.29) is 11.9 Å². The summed E-state index contributed by atoms with van der Waals surface area (Å²) < 4.78 is 4.25. The first-order chi connectivity index (χ1) is 18.0. The summed E-state index contributed by atoms with van der Waals surface area (Å²) in [5, 5.41) is 10.6. The number of fused-ring (bicyclic) bond motifs is 3. The highest BCUT2D eigenvalue weighted by Gasteiger charge is 2.42. The molecular weight excluding hydrogens is 470 g/mol. The number of likely N-dealkylation sites (tertiary alicyclic amines) is 2. The van der Waals surface area contributed by atoms with Crippen LogP contribution in [0.5, 0.6) is 0 Å². The minimum Gasteiger partial charge on any atom is -0.465 e. The first-order valence-corrected chi connectivity index (χ1v) is 13.0. The molecule has 0 spiro atoms. The minimum atomic E-state index is -0.903. The number of hydrogen-bond donors (Lipinski definition) is 1. The van der Waals surface area contributed by atoms with Crippen LogP contribution in [0.1, 0.15) is 36.0 Å². The molecule has 4 aromatic rings. The van der Waals surface area contributed by atoms with Crippen molar-refractivity contribution in [3.63, 3.8) is 0 Å². The molecule has 1 N–H and O–H groups in total. The summed E-state index contributed by atoms with van der Waals surface area (Å²) in [6.45, 7) is 2.52. The molecule has 10 heteroatoms. The average Bonchev–Trinajstić information content (AvgIpc) is 3.37. The molecule has 2 atom stereocenters. The van der Waals surface area contributed by atoms with Gasteiger partial charge in [-0.1, -0.05) is 0 Å². The van der Waals surface area contributed by atoms with Gasteiger partial charge in [-0.3, -0.25) is 4.79 Å². The largest absolute Gasteiger partial charge is 0.465 e. The van der Waals surface area contributed by atoms with Crippen molar-refractivity contribution < 1.29 is 14.7 Å². The normalized spacial score (nSPS) is 21.6. The lowest BCUT2D eigenvalue weighted by Crippen LogP contribution is -2.51. The molecule has 6 heterocycles. The molecule has 0 radical (unpaired) electrons. The Hall–Kier alpha value is -3.95. The standard InChI is InChI=1S/C27H29N7O3/c1-31-24-20(30-25(31)21-12-18-3-2-8-28-23(18)34(21)14-16-4-5-16)11-19(13-29-24)26(35)32-9-6-17-7-10-33(27(36)37)22(17)15-32/h2-3,8,11-13,16-17,22H,4-7,9-10,14-15H2,1H3,(H,36,37)/t17-,22-/m1/s1. The number of aromatic nitrogens is 5. The van der Waals surface area contributed by atoms with Gasteiger partial charge in [0.05, 0.1) is 17.3 Å². The molecule has 37 heavy (non-hydrogen) atoms.